The molecule has 0 aliphatic carbocycles. The van der Waals surface area contributed by atoms with E-state index in [1.807, 2.05) is 41.3 Å². The lowest BCUT2D eigenvalue weighted by Crippen LogP contribution is -2.52. The Balaban J connectivity index is 1.14. The Morgan fingerprint density at radius 1 is 0.886 bits per heavy atom. The van der Waals surface area contributed by atoms with Gasteiger partial charge in [-0.2, -0.15) is 0 Å². The Labute approximate surface area is 208 Å². The fourth-order valence-corrected chi connectivity index (χ4v) is 5.28. The topological polar surface area (TPSA) is 36.0 Å². The Morgan fingerprint density at radius 2 is 1.60 bits per heavy atom. The summed E-state index contributed by atoms with van der Waals surface area (Å²) in [5, 5.41) is 0. The minimum absolute atomic E-state index is 0.0670. The molecular formula is C30H35N3O2. The van der Waals surface area contributed by atoms with E-state index in [0.29, 0.717) is 25.6 Å². The smallest absolute Gasteiger partial charge is 0.256 e. The first-order valence-corrected chi connectivity index (χ1v) is 12.8. The summed E-state index contributed by atoms with van der Waals surface area (Å²) in [7, 11) is 0. The van der Waals surface area contributed by atoms with Crippen molar-refractivity contribution in [3.63, 3.8) is 0 Å². The lowest BCUT2D eigenvalue weighted by molar-refractivity contribution is -0.131. The molecule has 5 nitrogen and oxygen atoms in total. The highest BCUT2D eigenvalue weighted by atomic mass is 16.5. The van der Waals surface area contributed by atoms with Crippen LogP contribution >= 0.6 is 0 Å². The molecule has 5 rings (SSSR count). The van der Waals surface area contributed by atoms with E-state index in [1.165, 1.54) is 11.3 Å². The number of rotatable bonds is 8. The minimum atomic E-state index is -0.416. The van der Waals surface area contributed by atoms with Crippen LogP contribution in [0.3, 0.4) is 0 Å². The molecule has 1 amide bonds. The quantitative estimate of drug-likeness (QED) is 0.446. The largest absolute Gasteiger partial charge is 0.369 e. The van der Waals surface area contributed by atoms with E-state index in [9.17, 15) is 4.79 Å². The highest BCUT2D eigenvalue weighted by Gasteiger charge is 2.33. The zero-order valence-corrected chi connectivity index (χ0v) is 20.6. The minimum Gasteiger partial charge on any atom is -0.369 e. The SMILES string of the molecule is CC1CN(c2ccccc2)CCN1CCCOC1Cc2ccccc2N(Cc2ccccc2)C1=O. The molecule has 0 N–H and O–H groups in total. The number of carbonyl (C=O) groups is 1. The van der Waals surface area contributed by atoms with Gasteiger partial charge in [0.2, 0.25) is 0 Å². The van der Waals surface area contributed by atoms with Gasteiger partial charge in [0.25, 0.3) is 5.91 Å². The van der Waals surface area contributed by atoms with Gasteiger partial charge in [0.1, 0.15) is 6.10 Å². The van der Waals surface area contributed by atoms with E-state index < -0.39 is 6.10 Å². The highest BCUT2D eigenvalue weighted by molar-refractivity contribution is 5.99. The summed E-state index contributed by atoms with van der Waals surface area (Å²) in [4.78, 5) is 20.3. The van der Waals surface area contributed by atoms with Crippen molar-refractivity contribution >= 4 is 17.3 Å². The summed E-state index contributed by atoms with van der Waals surface area (Å²) in [6, 6.07) is 29.5. The van der Waals surface area contributed by atoms with Crippen LogP contribution in [0.1, 0.15) is 24.5 Å². The zero-order valence-electron chi connectivity index (χ0n) is 20.6. The van der Waals surface area contributed by atoms with E-state index in [1.54, 1.807) is 0 Å². The van der Waals surface area contributed by atoms with E-state index in [4.69, 9.17) is 4.74 Å². The molecule has 1 saturated heterocycles. The van der Waals surface area contributed by atoms with Crippen molar-refractivity contribution in [2.75, 3.05) is 42.6 Å². The third-order valence-corrected chi connectivity index (χ3v) is 7.21. The van der Waals surface area contributed by atoms with Gasteiger partial charge < -0.3 is 14.5 Å². The Morgan fingerprint density at radius 3 is 2.37 bits per heavy atom. The Bertz CT molecular complexity index is 1100. The number of piperazine rings is 1. The number of benzene rings is 3. The fraction of sp³-hybridized carbons (Fsp3) is 0.367. The molecule has 1 fully saturated rings. The van der Waals surface area contributed by atoms with Crippen LogP contribution in [0.2, 0.25) is 0 Å². The number of ether oxygens (including phenoxy) is 1. The van der Waals surface area contributed by atoms with Crippen LogP contribution < -0.4 is 9.80 Å². The maximum atomic E-state index is 13.4. The van der Waals surface area contributed by atoms with E-state index in [-0.39, 0.29) is 5.91 Å². The average Bonchev–Trinajstić information content (AvgIpc) is 2.90. The van der Waals surface area contributed by atoms with Crippen molar-refractivity contribution in [1.29, 1.82) is 0 Å². The molecule has 3 aromatic rings. The molecule has 2 atom stereocenters. The van der Waals surface area contributed by atoms with Crippen LogP contribution in [-0.2, 0) is 22.5 Å². The van der Waals surface area contributed by atoms with Crippen molar-refractivity contribution in [2.45, 2.75) is 38.5 Å². The first-order valence-electron chi connectivity index (χ1n) is 12.8. The lowest BCUT2D eigenvalue weighted by atomic mass is 9.98. The molecular weight excluding hydrogens is 434 g/mol. The van der Waals surface area contributed by atoms with Crippen molar-refractivity contribution in [2.24, 2.45) is 0 Å². The number of hydrogen-bond donors (Lipinski definition) is 0. The Kier molecular flexibility index (Phi) is 7.45. The van der Waals surface area contributed by atoms with Gasteiger partial charge in [-0.1, -0.05) is 66.7 Å². The van der Waals surface area contributed by atoms with Gasteiger partial charge in [-0.15, -0.1) is 0 Å². The summed E-state index contributed by atoms with van der Waals surface area (Å²) in [6.45, 7) is 7.60. The number of nitrogens with zero attached hydrogens (tertiary/aromatic N) is 3. The van der Waals surface area contributed by atoms with Crippen LogP contribution in [0.15, 0.2) is 84.9 Å². The van der Waals surface area contributed by atoms with E-state index in [0.717, 1.165) is 43.9 Å². The van der Waals surface area contributed by atoms with Gasteiger partial charge in [0.15, 0.2) is 0 Å². The lowest BCUT2D eigenvalue weighted by Gasteiger charge is -2.41. The fourth-order valence-electron chi connectivity index (χ4n) is 5.28. The number of amides is 1. The van der Waals surface area contributed by atoms with Crippen LogP contribution in [0, 0.1) is 0 Å². The summed E-state index contributed by atoms with van der Waals surface area (Å²) in [5.74, 6) is 0.0670. The van der Waals surface area contributed by atoms with Crippen LogP contribution in [0.4, 0.5) is 11.4 Å². The molecule has 2 heterocycles. The maximum Gasteiger partial charge on any atom is 0.256 e. The van der Waals surface area contributed by atoms with Crippen LogP contribution in [0.25, 0.3) is 0 Å². The molecule has 2 aliphatic rings. The van der Waals surface area contributed by atoms with Gasteiger partial charge in [0, 0.05) is 56.6 Å². The zero-order chi connectivity index (χ0) is 24.0. The van der Waals surface area contributed by atoms with Crippen LogP contribution in [0.5, 0.6) is 0 Å². The number of para-hydroxylation sites is 2. The monoisotopic (exact) mass is 469 g/mol. The summed E-state index contributed by atoms with van der Waals surface area (Å²) < 4.78 is 6.21. The van der Waals surface area contributed by atoms with Crippen LogP contribution in [-0.4, -0.2) is 55.7 Å². The molecule has 2 unspecified atom stereocenters. The van der Waals surface area contributed by atoms with E-state index in [2.05, 4.69) is 65.3 Å². The maximum absolute atomic E-state index is 13.4. The van der Waals surface area contributed by atoms with Crippen molar-refractivity contribution in [1.82, 2.24) is 4.90 Å². The Hall–Kier alpha value is -3.15. The number of fused-ring (bicyclic) bond motifs is 1. The van der Waals surface area contributed by atoms with Gasteiger partial charge in [0.05, 0.1) is 6.54 Å². The predicted octanol–water partition coefficient (Wildman–Crippen LogP) is 4.76. The van der Waals surface area contributed by atoms with Crippen molar-refractivity contribution in [3.8, 4) is 0 Å². The molecule has 35 heavy (non-hydrogen) atoms. The summed E-state index contributed by atoms with van der Waals surface area (Å²) in [6.07, 6.45) is 1.16. The normalized spacial score (nSPS) is 20.7. The predicted molar refractivity (Wildman–Crippen MR) is 142 cm³/mol. The second-order valence-corrected chi connectivity index (χ2v) is 9.62. The highest BCUT2D eigenvalue weighted by Crippen LogP contribution is 2.30. The molecule has 182 valence electrons. The molecule has 0 radical (unpaired) electrons. The molecule has 0 bridgehead atoms. The number of hydrogen-bond acceptors (Lipinski definition) is 4. The van der Waals surface area contributed by atoms with Gasteiger partial charge in [-0.3, -0.25) is 9.69 Å². The van der Waals surface area contributed by atoms with Gasteiger partial charge in [-0.25, -0.2) is 0 Å². The van der Waals surface area contributed by atoms with Crippen molar-refractivity contribution in [3.05, 3.63) is 96.1 Å². The number of anilines is 2. The first-order chi connectivity index (χ1) is 17.2. The second-order valence-electron chi connectivity index (χ2n) is 9.62. The molecule has 0 saturated carbocycles. The average molecular weight is 470 g/mol. The molecule has 0 aromatic heterocycles. The molecule has 5 heteroatoms. The first kappa shape index (κ1) is 23.6. The summed E-state index contributed by atoms with van der Waals surface area (Å²) >= 11 is 0. The third-order valence-electron chi connectivity index (χ3n) is 7.21. The van der Waals surface area contributed by atoms with Gasteiger partial charge >= 0.3 is 0 Å². The molecule has 3 aromatic carbocycles. The third kappa shape index (κ3) is 5.58. The molecule has 2 aliphatic heterocycles. The van der Waals surface area contributed by atoms with E-state index >= 15 is 0 Å². The molecule has 0 spiro atoms. The second kappa shape index (κ2) is 11.1. The van der Waals surface area contributed by atoms with Crippen molar-refractivity contribution < 1.29 is 9.53 Å². The standard InChI is InChI=1S/C30H35N3O2/c1-24-22-32(27-14-6-3-7-15-27)19-18-31(24)17-10-20-35-29-21-26-13-8-9-16-28(26)33(30(29)34)23-25-11-4-2-5-12-25/h2-9,11-16,24,29H,10,17-23H2,1H3. The van der Waals surface area contributed by atoms with Gasteiger partial charge in [-0.05, 0) is 42.7 Å². The number of carbonyl (C=O) groups excluding carboxylic acids is 1. The summed E-state index contributed by atoms with van der Waals surface area (Å²) in [5.41, 5.74) is 4.61.